The number of carbonyl (C=O) groups excluding carboxylic acids is 2. The van der Waals surface area contributed by atoms with Crippen molar-refractivity contribution in [2.75, 3.05) is 17.1 Å². The van der Waals surface area contributed by atoms with Gasteiger partial charge in [-0.1, -0.05) is 78.7 Å². The van der Waals surface area contributed by atoms with Crippen molar-refractivity contribution in [3.8, 4) is 0 Å². The summed E-state index contributed by atoms with van der Waals surface area (Å²) in [5.74, 6) is -0.597. The molecule has 226 valence electrons. The molecule has 0 bridgehead atoms. The van der Waals surface area contributed by atoms with Gasteiger partial charge in [-0.2, -0.15) is 0 Å². The summed E-state index contributed by atoms with van der Waals surface area (Å²) in [4.78, 5) is 29.0. The normalized spacial score (nSPS) is 12.2. The number of amides is 2. The quantitative estimate of drug-likeness (QED) is 0.227. The Hall–Kier alpha value is -3.07. The third-order valence-electron chi connectivity index (χ3n) is 6.88. The molecule has 0 saturated heterocycles. The molecule has 3 aromatic rings. The number of hydrogen-bond acceptors (Lipinski definition) is 4. The van der Waals surface area contributed by atoms with Crippen molar-refractivity contribution < 1.29 is 18.0 Å². The van der Waals surface area contributed by atoms with Crippen LogP contribution in [-0.4, -0.2) is 50.0 Å². The molecule has 42 heavy (non-hydrogen) atoms. The van der Waals surface area contributed by atoms with E-state index in [4.69, 9.17) is 23.2 Å². The van der Waals surface area contributed by atoms with Crippen molar-refractivity contribution in [3.05, 3.63) is 99.5 Å². The number of sulfonamides is 1. The first-order valence-corrected chi connectivity index (χ1v) is 16.6. The number of aryl methyl sites for hydroxylation is 1. The number of nitrogens with zero attached hydrogens (tertiary/aromatic N) is 2. The molecule has 0 radical (unpaired) electrons. The topological polar surface area (TPSA) is 86.8 Å². The first-order valence-electron chi connectivity index (χ1n) is 14.0. The van der Waals surface area contributed by atoms with Crippen molar-refractivity contribution >= 4 is 50.7 Å². The summed E-state index contributed by atoms with van der Waals surface area (Å²) in [5, 5.41) is 3.73. The molecule has 3 rings (SSSR count). The Morgan fingerprint density at radius 1 is 0.881 bits per heavy atom. The zero-order chi connectivity index (χ0) is 30.9. The monoisotopic (exact) mass is 631 g/mol. The van der Waals surface area contributed by atoms with Crippen molar-refractivity contribution in [2.24, 2.45) is 0 Å². The summed E-state index contributed by atoms with van der Waals surface area (Å²) < 4.78 is 26.6. The van der Waals surface area contributed by atoms with E-state index in [1.54, 1.807) is 30.3 Å². The second-order valence-electron chi connectivity index (χ2n) is 10.5. The molecule has 2 amide bonds. The molecule has 0 aliphatic rings. The van der Waals surface area contributed by atoms with Crippen LogP contribution in [0.5, 0.6) is 0 Å². The number of anilines is 1. The van der Waals surface area contributed by atoms with Crippen LogP contribution in [0.25, 0.3) is 0 Å². The fourth-order valence-corrected chi connectivity index (χ4v) is 6.17. The SMILES string of the molecule is CCc1ccc(N(CCCC(=O)N(Cc2c(Cl)cccc2Cl)C(Cc2ccccc2)C(=O)NC(C)C)S(C)(=O)=O)cc1. The molecule has 0 aliphatic carbocycles. The van der Waals surface area contributed by atoms with E-state index in [-0.39, 0.29) is 50.2 Å². The maximum atomic E-state index is 13.9. The van der Waals surface area contributed by atoms with Crippen LogP contribution in [0, 0.1) is 0 Å². The Bertz CT molecular complexity index is 1430. The highest BCUT2D eigenvalue weighted by atomic mass is 35.5. The fraction of sp³-hybridized carbons (Fsp3) is 0.375. The molecule has 0 aliphatic heterocycles. The van der Waals surface area contributed by atoms with Crippen molar-refractivity contribution in [1.82, 2.24) is 10.2 Å². The van der Waals surface area contributed by atoms with E-state index in [0.29, 0.717) is 21.3 Å². The van der Waals surface area contributed by atoms with Crippen molar-refractivity contribution in [3.63, 3.8) is 0 Å². The number of carbonyl (C=O) groups is 2. The van der Waals surface area contributed by atoms with E-state index in [2.05, 4.69) is 5.32 Å². The summed E-state index contributed by atoms with van der Waals surface area (Å²) in [5.41, 5.74) is 3.07. The van der Waals surface area contributed by atoms with E-state index in [1.165, 1.54) is 9.21 Å². The third kappa shape index (κ3) is 9.48. The second kappa shape index (κ2) is 15.4. The van der Waals surface area contributed by atoms with Gasteiger partial charge in [0.1, 0.15) is 6.04 Å². The van der Waals surface area contributed by atoms with Crippen LogP contribution in [0.3, 0.4) is 0 Å². The zero-order valence-electron chi connectivity index (χ0n) is 24.5. The Labute approximate surface area is 259 Å². The van der Waals surface area contributed by atoms with Crippen LogP contribution in [-0.2, 0) is 39.0 Å². The lowest BCUT2D eigenvalue weighted by Gasteiger charge is -2.33. The molecule has 10 heteroatoms. The summed E-state index contributed by atoms with van der Waals surface area (Å²) in [6.45, 7) is 5.89. The van der Waals surface area contributed by atoms with Gasteiger partial charge in [-0.25, -0.2) is 8.42 Å². The highest BCUT2D eigenvalue weighted by molar-refractivity contribution is 7.92. The predicted octanol–water partition coefficient (Wildman–Crippen LogP) is 6.27. The third-order valence-corrected chi connectivity index (χ3v) is 8.78. The number of halogens is 2. The molecule has 7 nitrogen and oxygen atoms in total. The molecule has 1 N–H and O–H groups in total. The van der Waals surface area contributed by atoms with Crippen LogP contribution in [0.15, 0.2) is 72.8 Å². The van der Waals surface area contributed by atoms with Gasteiger partial charge >= 0.3 is 0 Å². The first kappa shape index (κ1) is 33.4. The smallest absolute Gasteiger partial charge is 0.243 e. The lowest BCUT2D eigenvalue weighted by molar-refractivity contribution is -0.141. The standard InChI is InChI=1S/C32H39Cl2N3O4S/c1-5-24-16-18-26(19-17-24)37(42(4,40)41)20-10-15-31(38)36(22-27-28(33)13-9-14-29(27)34)30(32(39)35-23(2)3)21-25-11-7-6-8-12-25/h6-9,11-14,16-19,23,30H,5,10,15,20-22H2,1-4H3,(H,35,39). The van der Waals surface area contributed by atoms with Gasteiger partial charge in [0.05, 0.1) is 11.9 Å². The molecular formula is C32H39Cl2N3O4S. The maximum Gasteiger partial charge on any atom is 0.243 e. The average molecular weight is 633 g/mol. The van der Waals surface area contributed by atoms with E-state index in [9.17, 15) is 18.0 Å². The number of benzene rings is 3. The van der Waals surface area contributed by atoms with Crippen molar-refractivity contribution in [2.45, 2.75) is 65.1 Å². The van der Waals surface area contributed by atoms with E-state index < -0.39 is 16.1 Å². The minimum atomic E-state index is -3.59. The van der Waals surface area contributed by atoms with Gasteiger partial charge in [0.25, 0.3) is 0 Å². The van der Waals surface area contributed by atoms with E-state index in [0.717, 1.165) is 23.8 Å². The molecule has 0 heterocycles. The van der Waals surface area contributed by atoms with Gasteiger partial charge in [0.15, 0.2) is 0 Å². The molecule has 0 spiro atoms. The zero-order valence-corrected chi connectivity index (χ0v) is 26.8. The minimum Gasteiger partial charge on any atom is -0.352 e. The van der Waals surface area contributed by atoms with Gasteiger partial charge in [-0.15, -0.1) is 0 Å². The van der Waals surface area contributed by atoms with Crippen LogP contribution in [0.1, 0.15) is 50.3 Å². The highest BCUT2D eigenvalue weighted by Gasteiger charge is 2.31. The molecular weight excluding hydrogens is 593 g/mol. The summed E-state index contributed by atoms with van der Waals surface area (Å²) in [6.07, 6.45) is 2.54. The van der Waals surface area contributed by atoms with E-state index in [1.807, 2.05) is 63.2 Å². The van der Waals surface area contributed by atoms with E-state index >= 15 is 0 Å². The van der Waals surface area contributed by atoms with Crippen LogP contribution in [0.4, 0.5) is 5.69 Å². The van der Waals surface area contributed by atoms with Gasteiger partial charge < -0.3 is 10.2 Å². The highest BCUT2D eigenvalue weighted by Crippen LogP contribution is 2.28. The molecule has 0 fully saturated rings. The molecule has 3 aromatic carbocycles. The van der Waals surface area contributed by atoms with Crippen LogP contribution >= 0.6 is 23.2 Å². The average Bonchev–Trinajstić information content (AvgIpc) is 2.94. The number of nitrogens with one attached hydrogen (secondary N) is 1. The molecule has 1 unspecified atom stereocenters. The predicted molar refractivity (Wildman–Crippen MR) is 171 cm³/mol. The Morgan fingerprint density at radius 2 is 1.50 bits per heavy atom. The lowest BCUT2D eigenvalue weighted by Crippen LogP contribution is -2.52. The number of hydrogen-bond donors (Lipinski definition) is 1. The van der Waals surface area contributed by atoms with Crippen molar-refractivity contribution in [1.29, 1.82) is 0 Å². The number of rotatable bonds is 14. The Kier molecular flexibility index (Phi) is 12.3. The Morgan fingerprint density at radius 3 is 2.05 bits per heavy atom. The Balaban J connectivity index is 1.91. The van der Waals surface area contributed by atoms with Gasteiger partial charge in [0, 0.05) is 47.6 Å². The summed E-state index contributed by atoms with van der Waals surface area (Å²) >= 11 is 13.0. The van der Waals surface area contributed by atoms with Crippen LogP contribution < -0.4 is 9.62 Å². The molecule has 1 atom stereocenters. The van der Waals surface area contributed by atoms with Gasteiger partial charge in [-0.3, -0.25) is 13.9 Å². The largest absolute Gasteiger partial charge is 0.352 e. The van der Waals surface area contributed by atoms with Crippen LogP contribution in [0.2, 0.25) is 10.0 Å². The lowest BCUT2D eigenvalue weighted by atomic mass is 10.0. The first-order chi connectivity index (χ1) is 19.9. The fourth-order valence-electron chi connectivity index (χ4n) is 4.69. The second-order valence-corrected chi connectivity index (χ2v) is 13.3. The summed E-state index contributed by atoms with van der Waals surface area (Å²) in [7, 11) is -3.59. The summed E-state index contributed by atoms with van der Waals surface area (Å²) in [6, 6.07) is 21.0. The molecule has 0 aromatic heterocycles. The minimum absolute atomic E-state index is 0.0153. The maximum absolute atomic E-state index is 13.9. The van der Waals surface area contributed by atoms with Gasteiger partial charge in [-0.05, 0) is 62.1 Å². The van der Waals surface area contributed by atoms with Gasteiger partial charge in [0.2, 0.25) is 21.8 Å². The molecule has 0 saturated carbocycles.